The third-order valence-corrected chi connectivity index (χ3v) is 4.44. The van der Waals surface area contributed by atoms with Crippen LogP contribution in [0.5, 0.6) is 0 Å². The first-order chi connectivity index (χ1) is 8.77. The van der Waals surface area contributed by atoms with Crippen LogP contribution in [0.1, 0.15) is 35.1 Å². The van der Waals surface area contributed by atoms with E-state index in [1.165, 1.54) is 27.8 Å². The molecule has 2 aliphatic carbocycles. The number of rotatable bonds is 0. The molecule has 4 rings (SSSR count). The van der Waals surface area contributed by atoms with Crippen LogP contribution in [0.15, 0.2) is 42.5 Å². The van der Waals surface area contributed by atoms with E-state index >= 15 is 0 Å². The Balaban J connectivity index is 2.06. The molecule has 0 aromatic heterocycles. The van der Waals surface area contributed by atoms with Crippen LogP contribution in [0.2, 0.25) is 5.82 Å². The second-order valence-corrected chi connectivity index (χ2v) is 5.37. The molecule has 2 heteroatoms. The fourth-order valence-electron chi connectivity index (χ4n) is 3.59. The van der Waals surface area contributed by atoms with E-state index in [0.717, 1.165) is 6.42 Å². The summed E-state index contributed by atoms with van der Waals surface area (Å²) in [7, 11) is 6.21. The molecule has 2 N–H and O–H groups in total. The Morgan fingerprint density at radius 1 is 0.944 bits per heavy atom. The Bertz CT molecular complexity index is 635. The van der Waals surface area contributed by atoms with Crippen molar-refractivity contribution in [3.05, 3.63) is 59.2 Å². The van der Waals surface area contributed by atoms with Gasteiger partial charge >= 0.3 is 0 Å². The Hall–Kier alpha value is -1.54. The molecule has 2 aromatic carbocycles. The molecule has 2 aromatic rings. The summed E-state index contributed by atoms with van der Waals surface area (Å²) in [6, 6.07) is 15.1. The predicted molar refractivity (Wildman–Crippen MR) is 74.8 cm³/mol. The summed E-state index contributed by atoms with van der Waals surface area (Å²) in [4.78, 5) is 0. The summed E-state index contributed by atoms with van der Waals surface area (Å²) in [6.45, 7) is 0. The van der Waals surface area contributed by atoms with Crippen molar-refractivity contribution < 1.29 is 0 Å². The summed E-state index contributed by atoms with van der Waals surface area (Å²) in [5.74, 6) is 0.506. The van der Waals surface area contributed by atoms with E-state index in [9.17, 15) is 0 Å². The lowest BCUT2D eigenvalue weighted by Gasteiger charge is -2.33. The molecule has 0 fully saturated rings. The predicted octanol–water partition coefficient (Wildman–Crippen LogP) is 3.16. The summed E-state index contributed by atoms with van der Waals surface area (Å²) in [5.41, 5.74) is 13.1. The van der Waals surface area contributed by atoms with E-state index in [-0.39, 0.29) is 11.9 Å². The van der Waals surface area contributed by atoms with Gasteiger partial charge in [0.05, 0.1) is 7.85 Å². The number of nitrogens with two attached hydrogens (primary N) is 1. The van der Waals surface area contributed by atoms with Gasteiger partial charge in [0.15, 0.2) is 0 Å². The normalized spacial score (nSPS) is 27.7. The van der Waals surface area contributed by atoms with E-state index in [1.54, 1.807) is 0 Å². The number of hydrogen-bond acceptors (Lipinski definition) is 1. The Morgan fingerprint density at radius 3 is 2.56 bits per heavy atom. The maximum Gasteiger partial charge on any atom is 0.0725 e. The van der Waals surface area contributed by atoms with Gasteiger partial charge in [0, 0.05) is 12.0 Å². The maximum atomic E-state index is 6.26. The van der Waals surface area contributed by atoms with E-state index < -0.39 is 0 Å². The average Bonchev–Trinajstić information content (AvgIpc) is 2.72. The molecule has 18 heavy (non-hydrogen) atoms. The topological polar surface area (TPSA) is 26.0 Å². The van der Waals surface area contributed by atoms with Crippen molar-refractivity contribution in [2.24, 2.45) is 5.73 Å². The first-order valence-corrected chi connectivity index (χ1v) is 6.50. The van der Waals surface area contributed by atoms with Crippen molar-refractivity contribution in [3.8, 4) is 11.1 Å². The standard InChI is InChI=1S/C16H14BN/c17-14-8-13-10-5-2-1-4-9(10)11-6-3-7-12(15(11)13)16(14)18/h1-7,13-14,16H,8,18H2. The van der Waals surface area contributed by atoms with Gasteiger partial charge in [0.2, 0.25) is 0 Å². The van der Waals surface area contributed by atoms with Crippen molar-refractivity contribution in [2.75, 3.05) is 0 Å². The molecule has 0 aliphatic heterocycles. The summed E-state index contributed by atoms with van der Waals surface area (Å²) >= 11 is 0. The zero-order valence-electron chi connectivity index (χ0n) is 10.1. The zero-order valence-corrected chi connectivity index (χ0v) is 10.1. The van der Waals surface area contributed by atoms with Gasteiger partial charge in [-0.2, -0.15) is 0 Å². The molecule has 0 heterocycles. The van der Waals surface area contributed by atoms with Crippen molar-refractivity contribution >= 4 is 7.85 Å². The van der Waals surface area contributed by atoms with Crippen LogP contribution in [-0.4, -0.2) is 7.85 Å². The third-order valence-electron chi connectivity index (χ3n) is 4.44. The van der Waals surface area contributed by atoms with Gasteiger partial charge in [-0.05, 0) is 34.2 Å². The second kappa shape index (κ2) is 3.49. The molecule has 0 saturated heterocycles. The lowest BCUT2D eigenvalue weighted by atomic mass is 9.65. The Morgan fingerprint density at radius 2 is 1.67 bits per heavy atom. The zero-order chi connectivity index (χ0) is 12.3. The summed E-state index contributed by atoms with van der Waals surface area (Å²) in [5, 5.41) is 0. The first-order valence-electron chi connectivity index (χ1n) is 6.50. The second-order valence-electron chi connectivity index (χ2n) is 5.37. The maximum absolute atomic E-state index is 6.26. The molecule has 0 amide bonds. The SMILES string of the molecule is [B]C1CC2c3ccccc3-c3cccc(c32)C1N. The van der Waals surface area contributed by atoms with Crippen molar-refractivity contribution in [3.63, 3.8) is 0 Å². The average molecular weight is 231 g/mol. The van der Waals surface area contributed by atoms with E-state index in [1.807, 2.05) is 0 Å². The fourth-order valence-corrected chi connectivity index (χ4v) is 3.59. The number of fused-ring (bicyclic) bond motifs is 3. The summed E-state index contributed by atoms with van der Waals surface area (Å²) in [6.07, 6.45) is 0.961. The van der Waals surface area contributed by atoms with E-state index in [2.05, 4.69) is 42.5 Å². The van der Waals surface area contributed by atoms with Gasteiger partial charge in [-0.25, -0.2) is 0 Å². The smallest absolute Gasteiger partial charge is 0.0725 e. The van der Waals surface area contributed by atoms with Crippen LogP contribution in [0, 0.1) is 0 Å². The van der Waals surface area contributed by atoms with Crippen LogP contribution in [0.3, 0.4) is 0 Å². The number of hydrogen-bond donors (Lipinski definition) is 1. The van der Waals surface area contributed by atoms with Crippen molar-refractivity contribution in [1.29, 1.82) is 0 Å². The van der Waals surface area contributed by atoms with Crippen LogP contribution in [0.4, 0.5) is 0 Å². The quantitative estimate of drug-likeness (QED) is 0.692. The number of benzene rings is 2. The van der Waals surface area contributed by atoms with Crippen LogP contribution in [0.25, 0.3) is 11.1 Å². The molecule has 0 spiro atoms. The molecular formula is C16H14BN. The van der Waals surface area contributed by atoms with Crippen LogP contribution in [-0.2, 0) is 0 Å². The molecule has 0 bridgehead atoms. The first kappa shape index (κ1) is 10.4. The largest absolute Gasteiger partial charge is 0.324 e. The van der Waals surface area contributed by atoms with E-state index in [4.69, 9.17) is 13.6 Å². The highest BCUT2D eigenvalue weighted by Crippen LogP contribution is 2.54. The third kappa shape index (κ3) is 1.16. The lowest BCUT2D eigenvalue weighted by molar-refractivity contribution is 0.536. The van der Waals surface area contributed by atoms with Gasteiger partial charge in [-0.1, -0.05) is 48.3 Å². The van der Waals surface area contributed by atoms with Crippen LogP contribution >= 0.6 is 0 Å². The highest BCUT2D eigenvalue weighted by Gasteiger charge is 2.37. The molecule has 0 saturated carbocycles. The Kier molecular flexibility index (Phi) is 2.01. The molecule has 3 unspecified atom stereocenters. The van der Waals surface area contributed by atoms with Crippen molar-refractivity contribution in [2.45, 2.75) is 24.2 Å². The van der Waals surface area contributed by atoms with Gasteiger partial charge in [-0.15, -0.1) is 0 Å². The minimum atomic E-state index is -0.0227. The van der Waals surface area contributed by atoms with E-state index in [0.29, 0.717) is 5.92 Å². The highest BCUT2D eigenvalue weighted by atomic mass is 14.7. The Labute approximate surface area is 108 Å². The minimum Gasteiger partial charge on any atom is -0.324 e. The highest BCUT2D eigenvalue weighted by molar-refractivity contribution is 6.12. The monoisotopic (exact) mass is 231 g/mol. The van der Waals surface area contributed by atoms with Crippen LogP contribution < -0.4 is 5.73 Å². The fraction of sp³-hybridized carbons (Fsp3) is 0.250. The molecule has 3 atom stereocenters. The molecular weight excluding hydrogens is 217 g/mol. The molecule has 2 aliphatic rings. The van der Waals surface area contributed by atoms with Gasteiger partial charge in [-0.3, -0.25) is 0 Å². The van der Waals surface area contributed by atoms with Gasteiger partial charge in [0.1, 0.15) is 0 Å². The molecule has 2 radical (unpaired) electrons. The molecule has 1 nitrogen and oxygen atoms in total. The summed E-state index contributed by atoms with van der Waals surface area (Å²) < 4.78 is 0. The van der Waals surface area contributed by atoms with Gasteiger partial charge < -0.3 is 5.73 Å². The molecule has 86 valence electrons. The lowest BCUT2D eigenvalue weighted by Crippen LogP contribution is -2.25. The van der Waals surface area contributed by atoms with Gasteiger partial charge in [0.25, 0.3) is 0 Å². The van der Waals surface area contributed by atoms with Crippen molar-refractivity contribution in [1.82, 2.24) is 0 Å². The minimum absolute atomic E-state index is 0.0227.